The van der Waals surface area contributed by atoms with Gasteiger partial charge < -0.3 is 15.1 Å². The van der Waals surface area contributed by atoms with Crippen LogP contribution in [0.4, 0.5) is 4.39 Å². The van der Waals surface area contributed by atoms with Crippen molar-refractivity contribution in [3.05, 3.63) is 83.9 Å². The Morgan fingerprint density at radius 1 is 1.17 bits per heavy atom. The molecule has 0 saturated carbocycles. The van der Waals surface area contributed by atoms with Crippen molar-refractivity contribution >= 4 is 5.91 Å². The van der Waals surface area contributed by atoms with Crippen LogP contribution in [0, 0.1) is 11.2 Å². The zero-order valence-electron chi connectivity index (χ0n) is 16.5. The summed E-state index contributed by atoms with van der Waals surface area (Å²) in [5.41, 5.74) is 1.07. The third kappa shape index (κ3) is 3.86. The molecule has 2 atom stereocenters. The van der Waals surface area contributed by atoms with Crippen molar-refractivity contribution in [1.82, 2.24) is 14.7 Å². The number of hydrogen-bond donors (Lipinski definition) is 2. The maximum Gasteiger partial charge on any atom is 0.256 e. The van der Waals surface area contributed by atoms with Gasteiger partial charge in [-0.3, -0.25) is 4.79 Å². The van der Waals surface area contributed by atoms with E-state index in [-0.39, 0.29) is 24.9 Å². The average Bonchev–Trinajstić information content (AvgIpc) is 3.31. The molecule has 1 aliphatic rings. The minimum Gasteiger partial charge on any atom is -0.396 e. The third-order valence-electron chi connectivity index (χ3n) is 5.84. The minimum absolute atomic E-state index is 0.176. The van der Waals surface area contributed by atoms with Crippen LogP contribution in [0.25, 0.3) is 5.69 Å². The van der Waals surface area contributed by atoms with E-state index in [4.69, 9.17) is 0 Å². The standard InChI is InChI=1S/C23H24FN3O3/c24-18-8-6-17(7-9-18)14-23(16-28)15-26(13-10-21(23)29)22(30)19-4-1-2-5-20(19)27-12-3-11-25-27/h1-9,11-12,21,28-29H,10,13-16H2/t21-,23-/m0/s1. The summed E-state index contributed by atoms with van der Waals surface area (Å²) >= 11 is 0. The number of amides is 1. The van der Waals surface area contributed by atoms with Gasteiger partial charge in [0.1, 0.15) is 5.82 Å². The molecule has 1 amide bonds. The first-order valence-corrected chi connectivity index (χ1v) is 9.94. The van der Waals surface area contributed by atoms with Gasteiger partial charge in [-0.15, -0.1) is 0 Å². The monoisotopic (exact) mass is 409 g/mol. The van der Waals surface area contributed by atoms with Crippen LogP contribution in [-0.2, 0) is 6.42 Å². The van der Waals surface area contributed by atoms with Crippen molar-refractivity contribution in [2.24, 2.45) is 5.41 Å². The second kappa shape index (κ2) is 8.38. The number of halogens is 1. The molecule has 1 saturated heterocycles. The maximum absolute atomic E-state index is 13.4. The van der Waals surface area contributed by atoms with Gasteiger partial charge >= 0.3 is 0 Å². The van der Waals surface area contributed by atoms with E-state index in [0.717, 1.165) is 5.56 Å². The first-order chi connectivity index (χ1) is 14.5. The lowest BCUT2D eigenvalue weighted by Gasteiger charge is -2.45. The SMILES string of the molecule is O=C(c1ccccc1-n1cccn1)N1CC[C@H](O)[C@@](CO)(Cc2ccc(F)cc2)C1. The largest absolute Gasteiger partial charge is 0.396 e. The number of aliphatic hydroxyl groups is 2. The van der Waals surface area contributed by atoms with E-state index in [1.165, 1.54) is 12.1 Å². The number of likely N-dealkylation sites (tertiary alicyclic amines) is 1. The second-order valence-corrected chi connectivity index (χ2v) is 7.82. The smallest absolute Gasteiger partial charge is 0.256 e. The van der Waals surface area contributed by atoms with Crippen molar-refractivity contribution in [2.45, 2.75) is 18.9 Å². The Bertz CT molecular complexity index is 1010. The number of piperidine rings is 1. The molecule has 7 heteroatoms. The van der Waals surface area contributed by atoms with E-state index in [1.807, 2.05) is 12.1 Å². The van der Waals surface area contributed by atoms with Gasteiger partial charge in [0, 0.05) is 30.9 Å². The van der Waals surface area contributed by atoms with E-state index >= 15 is 0 Å². The highest BCUT2D eigenvalue weighted by molar-refractivity contribution is 5.97. The molecule has 4 rings (SSSR count). The number of aromatic nitrogens is 2. The highest BCUT2D eigenvalue weighted by Crippen LogP contribution is 2.35. The van der Waals surface area contributed by atoms with Crippen LogP contribution in [0.1, 0.15) is 22.3 Å². The first kappa shape index (κ1) is 20.3. The molecule has 2 N–H and O–H groups in total. The summed E-state index contributed by atoms with van der Waals surface area (Å²) in [6.45, 7) is 0.309. The number of rotatable bonds is 5. The van der Waals surface area contributed by atoms with Crippen molar-refractivity contribution in [2.75, 3.05) is 19.7 Å². The van der Waals surface area contributed by atoms with Crippen molar-refractivity contribution in [3.8, 4) is 5.69 Å². The van der Waals surface area contributed by atoms with Crippen LogP contribution >= 0.6 is 0 Å². The number of carbonyl (C=O) groups excluding carboxylic acids is 1. The lowest BCUT2D eigenvalue weighted by molar-refractivity contribution is -0.0668. The fourth-order valence-corrected chi connectivity index (χ4v) is 4.15. The fourth-order valence-electron chi connectivity index (χ4n) is 4.15. The molecule has 0 aliphatic carbocycles. The Kier molecular flexibility index (Phi) is 5.65. The zero-order valence-corrected chi connectivity index (χ0v) is 16.5. The molecule has 0 spiro atoms. The van der Waals surface area contributed by atoms with Crippen LogP contribution in [0.15, 0.2) is 67.0 Å². The Morgan fingerprint density at radius 3 is 2.63 bits per heavy atom. The second-order valence-electron chi connectivity index (χ2n) is 7.82. The van der Waals surface area contributed by atoms with Crippen LogP contribution in [0.2, 0.25) is 0 Å². The Morgan fingerprint density at radius 2 is 1.93 bits per heavy atom. The zero-order chi connectivity index (χ0) is 21.1. The van der Waals surface area contributed by atoms with Gasteiger partial charge in [0.25, 0.3) is 5.91 Å². The summed E-state index contributed by atoms with van der Waals surface area (Å²) in [6.07, 6.45) is 3.36. The van der Waals surface area contributed by atoms with Crippen molar-refractivity contribution < 1.29 is 19.4 Å². The predicted octanol–water partition coefficient (Wildman–Crippen LogP) is 2.44. The molecule has 0 bridgehead atoms. The van der Waals surface area contributed by atoms with Gasteiger partial charge in [-0.25, -0.2) is 9.07 Å². The third-order valence-corrected chi connectivity index (χ3v) is 5.84. The summed E-state index contributed by atoms with van der Waals surface area (Å²) in [6, 6.07) is 15.0. The summed E-state index contributed by atoms with van der Waals surface area (Å²) in [5, 5.41) is 25.2. The first-order valence-electron chi connectivity index (χ1n) is 9.94. The molecular formula is C23H24FN3O3. The molecule has 0 radical (unpaired) electrons. The Labute approximate surface area is 174 Å². The molecule has 30 heavy (non-hydrogen) atoms. The highest BCUT2D eigenvalue weighted by atomic mass is 19.1. The number of carbonyl (C=O) groups is 1. The van der Waals surface area contributed by atoms with Crippen molar-refractivity contribution in [1.29, 1.82) is 0 Å². The molecule has 1 aliphatic heterocycles. The van der Waals surface area contributed by atoms with Gasteiger partial charge in [-0.05, 0) is 48.7 Å². The van der Waals surface area contributed by atoms with Gasteiger partial charge in [-0.1, -0.05) is 24.3 Å². The van der Waals surface area contributed by atoms with E-state index in [9.17, 15) is 19.4 Å². The van der Waals surface area contributed by atoms with Crippen molar-refractivity contribution in [3.63, 3.8) is 0 Å². The molecule has 1 fully saturated rings. The van der Waals surface area contributed by atoms with Crippen LogP contribution in [0.5, 0.6) is 0 Å². The molecule has 6 nitrogen and oxygen atoms in total. The van der Waals surface area contributed by atoms with E-state index in [2.05, 4.69) is 5.10 Å². The van der Waals surface area contributed by atoms with Crippen LogP contribution in [-0.4, -0.2) is 56.6 Å². The topological polar surface area (TPSA) is 78.6 Å². The molecule has 1 aromatic heterocycles. The summed E-state index contributed by atoms with van der Waals surface area (Å²) in [5.74, 6) is -0.516. The van der Waals surface area contributed by atoms with E-state index in [1.54, 1.807) is 52.3 Å². The molecule has 3 aromatic rings. The average molecular weight is 409 g/mol. The Balaban J connectivity index is 1.61. The van der Waals surface area contributed by atoms with E-state index in [0.29, 0.717) is 30.6 Å². The Hall–Kier alpha value is -3.03. The minimum atomic E-state index is -0.910. The number of benzene rings is 2. The summed E-state index contributed by atoms with van der Waals surface area (Å²) in [4.78, 5) is 15.1. The lowest BCUT2D eigenvalue weighted by atomic mass is 9.73. The lowest BCUT2D eigenvalue weighted by Crippen LogP contribution is -2.56. The number of aliphatic hydroxyl groups excluding tert-OH is 2. The van der Waals surface area contributed by atoms with Gasteiger partial charge in [0.15, 0.2) is 0 Å². The molecule has 0 unspecified atom stereocenters. The van der Waals surface area contributed by atoms with E-state index < -0.39 is 11.5 Å². The fraction of sp³-hybridized carbons (Fsp3) is 0.304. The number of nitrogens with zero attached hydrogens (tertiary/aromatic N) is 3. The molecule has 156 valence electrons. The van der Waals surface area contributed by atoms with Gasteiger partial charge in [-0.2, -0.15) is 5.10 Å². The van der Waals surface area contributed by atoms with Crippen LogP contribution < -0.4 is 0 Å². The maximum atomic E-state index is 13.4. The quantitative estimate of drug-likeness (QED) is 0.679. The van der Waals surface area contributed by atoms with Gasteiger partial charge in [0.2, 0.25) is 0 Å². The summed E-state index contributed by atoms with van der Waals surface area (Å²) < 4.78 is 14.9. The highest BCUT2D eigenvalue weighted by Gasteiger charge is 2.44. The normalized spacial score (nSPS) is 21.6. The van der Waals surface area contributed by atoms with Gasteiger partial charge in [0.05, 0.1) is 24.0 Å². The molecule has 2 heterocycles. The molecular weight excluding hydrogens is 385 g/mol. The predicted molar refractivity (Wildman–Crippen MR) is 110 cm³/mol. The number of para-hydroxylation sites is 1. The molecule has 2 aromatic carbocycles. The number of hydrogen-bond acceptors (Lipinski definition) is 4. The van der Waals surface area contributed by atoms with Crippen LogP contribution in [0.3, 0.4) is 0 Å². The summed E-state index contributed by atoms with van der Waals surface area (Å²) in [7, 11) is 0.